The minimum atomic E-state index is -0.407. The van der Waals surface area contributed by atoms with Gasteiger partial charge in [0.25, 0.3) is 11.8 Å². The van der Waals surface area contributed by atoms with Gasteiger partial charge in [0.15, 0.2) is 5.82 Å². The van der Waals surface area contributed by atoms with Gasteiger partial charge in [-0.25, -0.2) is 9.37 Å². The number of benzene rings is 1. The summed E-state index contributed by atoms with van der Waals surface area (Å²) in [5.74, 6) is 1.18. The van der Waals surface area contributed by atoms with Crippen LogP contribution in [0.4, 0.5) is 10.2 Å². The quantitative estimate of drug-likeness (QED) is 0.694. The van der Waals surface area contributed by atoms with E-state index in [1.165, 1.54) is 12.1 Å². The summed E-state index contributed by atoms with van der Waals surface area (Å²) in [4.78, 5) is 25.4. The van der Waals surface area contributed by atoms with E-state index in [2.05, 4.69) is 20.0 Å². The lowest BCUT2D eigenvalue weighted by Crippen LogP contribution is -2.35. The van der Waals surface area contributed by atoms with Crippen molar-refractivity contribution in [2.24, 2.45) is 0 Å². The van der Waals surface area contributed by atoms with Gasteiger partial charge < -0.3 is 14.3 Å². The van der Waals surface area contributed by atoms with Crippen LogP contribution in [0.25, 0.3) is 11.5 Å². The van der Waals surface area contributed by atoms with Gasteiger partial charge in [0.1, 0.15) is 11.6 Å². The summed E-state index contributed by atoms with van der Waals surface area (Å²) < 4.78 is 18.8. The molecule has 1 aliphatic rings. The maximum absolute atomic E-state index is 13.5. The van der Waals surface area contributed by atoms with E-state index >= 15 is 0 Å². The summed E-state index contributed by atoms with van der Waals surface area (Å²) in [5, 5.41) is 3.86. The van der Waals surface area contributed by atoms with Crippen LogP contribution in [0.15, 0.2) is 47.1 Å². The fraction of sp³-hybridized carbons (Fsp3) is 0.300. The van der Waals surface area contributed by atoms with Gasteiger partial charge >= 0.3 is 0 Å². The van der Waals surface area contributed by atoms with Crippen molar-refractivity contribution >= 4 is 11.7 Å². The summed E-state index contributed by atoms with van der Waals surface area (Å²) in [5.41, 5.74) is 1.14. The zero-order valence-electron chi connectivity index (χ0n) is 15.5. The molecule has 0 spiro atoms. The molecule has 3 aromatic rings. The summed E-state index contributed by atoms with van der Waals surface area (Å²) in [6, 6.07) is 9.54. The summed E-state index contributed by atoms with van der Waals surface area (Å²) in [6.45, 7) is 4.25. The molecule has 0 N–H and O–H groups in total. The predicted octanol–water partition coefficient (Wildman–Crippen LogP) is 2.93. The molecule has 7 nitrogen and oxygen atoms in total. The van der Waals surface area contributed by atoms with Gasteiger partial charge in [-0.3, -0.25) is 4.79 Å². The lowest BCUT2D eigenvalue weighted by molar-refractivity contribution is 0.0766. The van der Waals surface area contributed by atoms with Crippen molar-refractivity contribution in [3.63, 3.8) is 0 Å². The Labute approximate surface area is 161 Å². The van der Waals surface area contributed by atoms with Gasteiger partial charge in [-0.15, -0.1) is 0 Å². The maximum Gasteiger partial charge on any atom is 0.261 e. The highest BCUT2D eigenvalue weighted by molar-refractivity contribution is 5.94. The van der Waals surface area contributed by atoms with Crippen molar-refractivity contribution in [2.75, 3.05) is 31.1 Å². The molecular formula is C20H20FN5O2. The van der Waals surface area contributed by atoms with E-state index in [9.17, 15) is 9.18 Å². The normalized spacial score (nSPS) is 14.8. The van der Waals surface area contributed by atoms with Crippen molar-refractivity contribution in [1.29, 1.82) is 0 Å². The van der Waals surface area contributed by atoms with Crippen LogP contribution < -0.4 is 4.90 Å². The molecule has 144 valence electrons. The molecule has 1 aromatic carbocycles. The molecule has 0 unspecified atom stereocenters. The van der Waals surface area contributed by atoms with Crippen LogP contribution in [-0.2, 0) is 0 Å². The highest BCUT2D eigenvalue weighted by Crippen LogP contribution is 2.28. The highest BCUT2D eigenvalue weighted by Gasteiger charge is 2.24. The Hall–Kier alpha value is -3.29. The molecule has 1 amide bonds. The number of nitrogens with zero attached hydrogens (tertiary/aromatic N) is 5. The first-order valence-electron chi connectivity index (χ1n) is 9.17. The number of amides is 1. The van der Waals surface area contributed by atoms with Crippen molar-refractivity contribution in [3.05, 3.63) is 59.8 Å². The van der Waals surface area contributed by atoms with Gasteiger partial charge in [0.2, 0.25) is 0 Å². The number of pyridine rings is 1. The molecule has 0 saturated carbocycles. The minimum absolute atomic E-state index is 0.157. The lowest BCUT2D eigenvalue weighted by atomic mass is 10.2. The van der Waals surface area contributed by atoms with E-state index < -0.39 is 5.82 Å². The van der Waals surface area contributed by atoms with Gasteiger partial charge in [0, 0.05) is 37.9 Å². The number of anilines is 1. The third-order valence-electron chi connectivity index (χ3n) is 4.70. The van der Waals surface area contributed by atoms with Crippen molar-refractivity contribution in [2.45, 2.75) is 13.3 Å². The monoisotopic (exact) mass is 381 g/mol. The second-order valence-electron chi connectivity index (χ2n) is 6.66. The van der Waals surface area contributed by atoms with Crippen LogP contribution >= 0.6 is 0 Å². The lowest BCUT2D eigenvalue weighted by Gasteiger charge is -2.24. The van der Waals surface area contributed by atoms with Gasteiger partial charge in [-0.05, 0) is 43.7 Å². The zero-order chi connectivity index (χ0) is 19.5. The van der Waals surface area contributed by atoms with Crippen molar-refractivity contribution in [3.8, 4) is 11.5 Å². The fourth-order valence-electron chi connectivity index (χ4n) is 3.36. The molecule has 1 aliphatic heterocycles. The van der Waals surface area contributed by atoms with Crippen LogP contribution in [0.5, 0.6) is 0 Å². The Balaban J connectivity index is 1.53. The molecule has 28 heavy (non-hydrogen) atoms. The molecular weight excluding hydrogens is 361 g/mol. The third kappa shape index (κ3) is 3.71. The molecule has 0 radical (unpaired) electrons. The molecule has 3 heterocycles. The Morgan fingerprint density at radius 1 is 1.14 bits per heavy atom. The number of halogens is 1. The van der Waals surface area contributed by atoms with E-state index in [4.69, 9.17) is 4.52 Å². The Morgan fingerprint density at radius 2 is 2.04 bits per heavy atom. The first-order valence-corrected chi connectivity index (χ1v) is 9.17. The maximum atomic E-state index is 13.5. The molecule has 8 heteroatoms. The van der Waals surface area contributed by atoms with Gasteiger partial charge in [0.05, 0.1) is 5.56 Å². The van der Waals surface area contributed by atoms with Crippen LogP contribution in [-0.4, -0.2) is 52.1 Å². The number of carbonyl (C=O) groups excluding carboxylic acids is 1. The van der Waals surface area contributed by atoms with Crippen LogP contribution in [0, 0.1) is 12.7 Å². The Bertz CT molecular complexity index is 990. The number of aryl methyl sites for hydroxylation is 1. The Morgan fingerprint density at radius 3 is 2.82 bits per heavy atom. The molecule has 0 atom stereocenters. The predicted molar refractivity (Wildman–Crippen MR) is 101 cm³/mol. The number of carbonyl (C=O) groups is 1. The number of hydrogen-bond acceptors (Lipinski definition) is 6. The topological polar surface area (TPSA) is 75.4 Å². The van der Waals surface area contributed by atoms with Crippen LogP contribution in [0.1, 0.15) is 22.6 Å². The summed E-state index contributed by atoms with van der Waals surface area (Å²) in [6.07, 6.45) is 2.50. The highest BCUT2D eigenvalue weighted by atomic mass is 19.1. The van der Waals surface area contributed by atoms with E-state index in [1.807, 2.05) is 12.1 Å². The minimum Gasteiger partial charge on any atom is -0.354 e. The molecule has 0 bridgehead atoms. The van der Waals surface area contributed by atoms with Gasteiger partial charge in [-0.2, -0.15) is 4.98 Å². The van der Waals surface area contributed by atoms with Crippen LogP contribution in [0.2, 0.25) is 0 Å². The molecule has 1 saturated heterocycles. The molecule has 4 rings (SSSR count). The third-order valence-corrected chi connectivity index (χ3v) is 4.70. The zero-order valence-corrected chi connectivity index (χ0v) is 15.5. The first-order chi connectivity index (χ1) is 13.6. The second kappa shape index (κ2) is 7.75. The first kappa shape index (κ1) is 18.1. The van der Waals surface area contributed by atoms with E-state index in [1.54, 1.807) is 30.2 Å². The average Bonchev–Trinajstić information content (AvgIpc) is 2.99. The van der Waals surface area contributed by atoms with Crippen LogP contribution in [0.3, 0.4) is 0 Å². The largest absolute Gasteiger partial charge is 0.354 e. The number of rotatable bonds is 3. The SMILES string of the molecule is Cc1noc(-c2cccnc2N2CCCN(C(=O)c3cccc(F)c3)CC2)n1. The van der Waals surface area contributed by atoms with Gasteiger partial charge in [-0.1, -0.05) is 11.2 Å². The smallest absolute Gasteiger partial charge is 0.261 e. The summed E-state index contributed by atoms with van der Waals surface area (Å²) >= 11 is 0. The van der Waals surface area contributed by atoms with Crippen molar-refractivity contribution < 1.29 is 13.7 Å². The summed E-state index contributed by atoms with van der Waals surface area (Å²) in [7, 11) is 0. The van der Waals surface area contributed by atoms with E-state index in [-0.39, 0.29) is 5.91 Å². The molecule has 0 aliphatic carbocycles. The standard InChI is InChI=1S/C20H20FN5O2/c1-14-23-19(28-24-14)17-7-3-8-22-18(17)25-9-4-10-26(12-11-25)20(27)15-5-2-6-16(21)13-15/h2-3,5-8,13H,4,9-12H2,1H3. The second-order valence-corrected chi connectivity index (χ2v) is 6.66. The van der Waals surface area contributed by atoms with E-state index in [0.717, 1.165) is 24.3 Å². The van der Waals surface area contributed by atoms with E-state index in [0.29, 0.717) is 36.9 Å². The molecule has 1 fully saturated rings. The Kier molecular flexibility index (Phi) is 5.01. The number of hydrogen-bond donors (Lipinski definition) is 0. The number of aromatic nitrogens is 3. The average molecular weight is 381 g/mol. The fourth-order valence-corrected chi connectivity index (χ4v) is 3.36. The molecule has 2 aromatic heterocycles. The van der Waals surface area contributed by atoms with Crippen molar-refractivity contribution in [1.82, 2.24) is 20.0 Å².